The molecule has 0 radical (unpaired) electrons. The highest BCUT2D eigenvalue weighted by Crippen LogP contribution is 2.35. The SMILES string of the molecule is COc1cc(Cl)cc(CN)c1OCC(O)CC1CCCC1. The highest BCUT2D eigenvalue weighted by molar-refractivity contribution is 6.30. The lowest BCUT2D eigenvalue weighted by Gasteiger charge is -2.19. The van der Waals surface area contributed by atoms with Gasteiger partial charge >= 0.3 is 0 Å². The molecule has 1 atom stereocenters. The summed E-state index contributed by atoms with van der Waals surface area (Å²) in [6, 6.07) is 3.46. The fourth-order valence-corrected chi connectivity index (χ4v) is 3.20. The van der Waals surface area contributed by atoms with Gasteiger partial charge in [-0.05, 0) is 18.4 Å². The fourth-order valence-electron chi connectivity index (χ4n) is 2.97. The minimum absolute atomic E-state index is 0.251. The van der Waals surface area contributed by atoms with E-state index in [9.17, 15) is 5.11 Å². The molecular weight excluding hydrogens is 290 g/mol. The van der Waals surface area contributed by atoms with E-state index >= 15 is 0 Å². The average molecular weight is 314 g/mol. The van der Waals surface area contributed by atoms with Crippen LogP contribution in [-0.2, 0) is 6.54 Å². The Balaban J connectivity index is 1.97. The number of ether oxygens (including phenoxy) is 2. The first-order valence-corrected chi connectivity index (χ1v) is 7.89. The van der Waals surface area contributed by atoms with Crippen LogP contribution in [0.25, 0.3) is 0 Å². The Morgan fingerprint density at radius 1 is 1.38 bits per heavy atom. The molecule has 4 nitrogen and oxygen atoms in total. The summed E-state index contributed by atoms with van der Waals surface area (Å²) in [5.74, 6) is 1.76. The molecule has 0 heterocycles. The van der Waals surface area contributed by atoms with Crippen molar-refractivity contribution in [2.75, 3.05) is 13.7 Å². The van der Waals surface area contributed by atoms with Crippen LogP contribution in [0.2, 0.25) is 5.02 Å². The van der Waals surface area contributed by atoms with Crippen LogP contribution in [0.5, 0.6) is 11.5 Å². The molecule has 118 valence electrons. The van der Waals surface area contributed by atoms with Crippen molar-refractivity contribution in [2.24, 2.45) is 11.7 Å². The van der Waals surface area contributed by atoms with Gasteiger partial charge in [0.1, 0.15) is 6.61 Å². The lowest BCUT2D eigenvalue weighted by atomic mass is 10.0. The smallest absolute Gasteiger partial charge is 0.165 e. The van der Waals surface area contributed by atoms with Gasteiger partial charge in [0.15, 0.2) is 11.5 Å². The molecule has 3 N–H and O–H groups in total. The van der Waals surface area contributed by atoms with Crippen LogP contribution >= 0.6 is 11.6 Å². The summed E-state index contributed by atoms with van der Waals surface area (Å²) in [5, 5.41) is 10.7. The molecule has 0 amide bonds. The molecule has 1 aromatic rings. The molecule has 0 spiro atoms. The zero-order chi connectivity index (χ0) is 15.2. The highest BCUT2D eigenvalue weighted by atomic mass is 35.5. The molecule has 2 rings (SSSR count). The van der Waals surface area contributed by atoms with E-state index in [-0.39, 0.29) is 6.61 Å². The van der Waals surface area contributed by atoms with E-state index in [0.29, 0.717) is 29.0 Å². The van der Waals surface area contributed by atoms with Gasteiger partial charge in [-0.15, -0.1) is 0 Å². The normalized spacial score (nSPS) is 17.0. The highest BCUT2D eigenvalue weighted by Gasteiger charge is 2.20. The minimum Gasteiger partial charge on any atom is -0.493 e. The van der Waals surface area contributed by atoms with E-state index in [2.05, 4.69) is 0 Å². The van der Waals surface area contributed by atoms with Crippen molar-refractivity contribution in [3.63, 3.8) is 0 Å². The van der Waals surface area contributed by atoms with Gasteiger partial charge in [0, 0.05) is 23.2 Å². The maximum Gasteiger partial charge on any atom is 0.165 e. The summed E-state index contributed by atoms with van der Waals surface area (Å²) in [6.07, 6.45) is 5.33. The van der Waals surface area contributed by atoms with E-state index in [1.54, 1.807) is 19.2 Å². The van der Waals surface area contributed by atoms with Crippen molar-refractivity contribution in [3.05, 3.63) is 22.7 Å². The van der Waals surface area contributed by atoms with Crippen LogP contribution in [0.4, 0.5) is 0 Å². The summed E-state index contributed by atoms with van der Waals surface area (Å²) in [5.41, 5.74) is 6.51. The Kier molecular flexibility index (Phi) is 6.15. The molecule has 1 aliphatic rings. The summed E-state index contributed by atoms with van der Waals surface area (Å²) < 4.78 is 11.1. The molecule has 0 aromatic heterocycles. The summed E-state index contributed by atoms with van der Waals surface area (Å²) in [7, 11) is 1.56. The molecule has 5 heteroatoms. The first-order chi connectivity index (χ1) is 10.1. The molecule has 1 unspecified atom stereocenters. The van der Waals surface area contributed by atoms with E-state index in [1.807, 2.05) is 0 Å². The second-order valence-corrected chi connectivity index (χ2v) is 6.09. The predicted octanol–water partition coefficient (Wildman–Crippen LogP) is 3.13. The molecule has 21 heavy (non-hydrogen) atoms. The average Bonchev–Trinajstić information content (AvgIpc) is 2.97. The fraction of sp³-hybridized carbons (Fsp3) is 0.625. The Bertz CT molecular complexity index is 436. The van der Waals surface area contributed by atoms with E-state index in [4.69, 9.17) is 26.8 Å². The third-order valence-corrected chi connectivity index (χ3v) is 4.25. The van der Waals surface area contributed by atoms with E-state index < -0.39 is 6.10 Å². The maximum atomic E-state index is 10.1. The zero-order valence-electron chi connectivity index (χ0n) is 12.5. The van der Waals surface area contributed by atoms with Crippen LogP contribution in [0.1, 0.15) is 37.7 Å². The molecule has 1 aromatic carbocycles. The number of hydrogen-bond donors (Lipinski definition) is 2. The third kappa shape index (κ3) is 4.50. The largest absolute Gasteiger partial charge is 0.493 e. The number of nitrogens with two attached hydrogens (primary N) is 1. The zero-order valence-corrected chi connectivity index (χ0v) is 13.2. The number of aliphatic hydroxyl groups is 1. The van der Waals surface area contributed by atoms with Crippen LogP contribution < -0.4 is 15.2 Å². The van der Waals surface area contributed by atoms with Crippen LogP contribution in [0.3, 0.4) is 0 Å². The Hall–Kier alpha value is -0.970. The van der Waals surface area contributed by atoms with Crippen LogP contribution in [0, 0.1) is 5.92 Å². The Morgan fingerprint density at radius 3 is 2.71 bits per heavy atom. The number of rotatable bonds is 7. The number of hydrogen-bond acceptors (Lipinski definition) is 4. The third-order valence-electron chi connectivity index (χ3n) is 4.04. The standard InChI is InChI=1S/C16H24ClNO3/c1-20-15-8-13(17)7-12(9-18)16(15)21-10-14(19)6-11-4-2-3-5-11/h7-8,11,14,19H,2-6,9-10,18H2,1H3. The summed E-state index contributed by atoms with van der Waals surface area (Å²) in [4.78, 5) is 0. The van der Waals surface area contributed by atoms with Crippen molar-refractivity contribution in [3.8, 4) is 11.5 Å². The monoisotopic (exact) mass is 313 g/mol. The quantitative estimate of drug-likeness (QED) is 0.811. The second-order valence-electron chi connectivity index (χ2n) is 5.65. The molecule has 0 aliphatic heterocycles. The van der Waals surface area contributed by atoms with Gasteiger partial charge < -0.3 is 20.3 Å². The van der Waals surface area contributed by atoms with Gasteiger partial charge in [-0.2, -0.15) is 0 Å². The van der Waals surface area contributed by atoms with Crippen molar-refractivity contribution in [1.29, 1.82) is 0 Å². The Labute approximate surface area is 131 Å². The summed E-state index contributed by atoms with van der Waals surface area (Å²) in [6.45, 7) is 0.562. The lowest BCUT2D eigenvalue weighted by Crippen LogP contribution is -2.21. The molecular formula is C16H24ClNO3. The van der Waals surface area contributed by atoms with Crippen molar-refractivity contribution < 1.29 is 14.6 Å². The van der Waals surface area contributed by atoms with Crippen molar-refractivity contribution >= 4 is 11.6 Å². The van der Waals surface area contributed by atoms with Gasteiger partial charge in [0.25, 0.3) is 0 Å². The van der Waals surface area contributed by atoms with Crippen LogP contribution in [0.15, 0.2) is 12.1 Å². The first kappa shape index (κ1) is 16.4. The van der Waals surface area contributed by atoms with Gasteiger partial charge in [-0.3, -0.25) is 0 Å². The van der Waals surface area contributed by atoms with Crippen LogP contribution in [-0.4, -0.2) is 24.9 Å². The van der Waals surface area contributed by atoms with Gasteiger partial charge in [-0.25, -0.2) is 0 Å². The van der Waals surface area contributed by atoms with Gasteiger partial charge in [-0.1, -0.05) is 37.3 Å². The predicted molar refractivity (Wildman–Crippen MR) is 84.0 cm³/mol. The van der Waals surface area contributed by atoms with Gasteiger partial charge in [0.05, 0.1) is 13.2 Å². The molecule has 1 saturated carbocycles. The number of aliphatic hydroxyl groups excluding tert-OH is 1. The van der Waals surface area contributed by atoms with Gasteiger partial charge in [0.2, 0.25) is 0 Å². The topological polar surface area (TPSA) is 64.7 Å². The number of methoxy groups -OCH3 is 1. The molecule has 0 saturated heterocycles. The lowest BCUT2D eigenvalue weighted by molar-refractivity contribution is 0.0837. The van der Waals surface area contributed by atoms with E-state index in [1.165, 1.54) is 25.7 Å². The Morgan fingerprint density at radius 2 is 2.10 bits per heavy atom. The van der Waals surface area contributed by atoms with Crippen molar-refractivity contribution in [2.45, 2.75) is 44.8 Å². The second kappa shape index (κ2) is 7.87. The molecule has 0 bridgehead atoms. The molecule has 1 aliphatic carbocycles. The maximum absolute atomic E-state index is 10.1. The van der Waals surface area contributed by atoms with E-state index in [0.717, 1.165) is 12.0 Å². The molecule has 1 fully saturated rings. The van der Waals surface area contributed by atoms with Crippen molar-refractivity contribution in [1.82, 2.24) is 0 Å². The minimum atomic E-state index is -0.459. The number of halogens is 1. The number of benzene rings is 1. The first-order valence-electron chi connectivity index (χ1n) is 7.51. The summed E-state index contributed by atoms with van der Waals surface area (Å²) >= 11 is 6.02.